The lowest BCUT2D eigenvalue weighted by atomic mass is 10.1. The van der Waals surface area contributed by atoms with Crippen LogP contribution in [0.2, 0.25) is 0 Å². The highest BCUT2D eigenvalue weighted by Gasteiger charge is 2.34. The third kappa shape index (κ3) is 3.22. The lowest BCUT2D eigenvalue weighted by molar-refractivity contribution is 0.254. The van der Waals surface area contributed by atoms with Crippen LogP contribution in [0.25, 0.3) is 0 Å². The summed E-state index contributed by atoms with van der Waals surface area (Å²) in [6.45, 7) is 5.78. The van der Waals surface area contributed by atoms with Gasteiger partial charge < -0.3 is 10.2 Å². The van der Waals surface area contributed by atoms with Crippen molar-refractivity contribution in [2.45, 2.75) is 44.8 Å². The molecule has 2 aliphatic heterocycles. The molecule has 3 nitrogen and oxygen atoms in total. The highest BCUT2D eigenvalue weighted by atomic mass is 19.1. The van der Waals surface area contributed by atoms with Crippen molar-refractivity contribution in [2.24, 2.45) is 0 Å². The quantitative estimate of drug-likeness (QED) is 0.920. The van der Waals surface area contributed by atoms with E-state index in [-0.39, 0.29) is 5.82 Å². The van der Waals surface area contributed by atoms with Crippen LogP contribution in [0.1, 0.15) is 31.7 Å². The molecule has 21 heavy (non-hydrogen) atoms. The Balaban J connectivity index is 1.78. The van der Waals surface area contributed by atoms with Crippen LogP contribution in [-0.2, 0) is 6.54 Å². The lowest BCUT2D eigenvalue weighted by Crippen LogP contribution is -2.36. The summed E-state index contributed by atoms with van der Waals surface area (Å²) in [4.78, 5) is 4.90. The fourth-order valence-corrected chi connectivity index (χ4v) is 3.73. The molecule has 0 radical (unpaired) electrons. The predicted molar refractivity (Wildman–Crippen MR) is 85.2 cm³/mol. The van der Waals surface area contributed by atoms with Crippen molar-refractivity contribution >= 4 is 5.69 Å². The van der Waals surface area contributed by atoms with Crippen molar-refractivity contribution in [2.75, 3.05) is 31.6 Å². The number of halogens is 1. The summed E-state index contributed by atoms with van der Waals surface area (Å²) in [6.07, 6.45) is 3.78. The summed E-state index contributed by atoms with van der Waals surface area (Å²) in [5, 5.41) is 3.27. The van der Waals surface area contributed by atoms with Crippen molar-refractivity contribution in [3.63, 3.8) is 0 Å². The molecule has 0 saturated carbocycles. The molecule has 1 aromatic rings. The summed E-state index contributed by atoms with van der Waals surface area (Å²) in [5.41, 5.74) is 2.08. The van der Waals surface area contributed by atoms with Gasteiger partial charge in [-0.2, -0.15) is 0 Å². The first kappa shape index (κ1) is 14.8. The van der Waals surface area contributed by atoms with Gasteiger partial charge in [0.05, 0.1) is 0 Å². The standard InChI is InChI=1S/C17H26FN3/c1-3-19-11-13-8-14(18)10-17(9-13)21-7-6-15-4-5-16(12-21)20(15)2/h8-10,15-16,19H,3-7,11-12H2,1-2H3. The van der Waals surface area contributed by atoms with Crippen molar-refractivity contribution in [3.05, 3.63) is 29.6 Å². The SMILES string of the molecule is CCNCc1cc(F)cc(N2CCC3CCC(C2)N3C)c1. The van der Waals surface area contributed by atoms with Crippen molar-refractivity contribution in [3.8, 4) is 0 Å². The topological polar surface area (TPSA) is 18.5 Å². The average molecular weight is 291 g/mol. The van der Waals surface area contributed by atoms with Gasteiger partial charge in [0.25, 0.3) is 0 Å². The van der Waals surface area contributed by atoms with Crippen molar-refractivity contribution < 1.29 is 4.39 Å². The van der Waals surface area contributed by atoms with Gasteiger partial charge in [0.1, 0.15) is 5.82 Å². The number of anilines is 1. The first-order valence-corrected chi connectivity index (χ1v) is 8.14. The van der Waals surface area contributed by atoms with E-state index in [4.69, 9.17) is 0 Å². The Kier molecular flexibility index (Phi) is 4.45. The molecule has 2 saturated heterocycles. The molecule has 4 heteroatoms. The number of hydrogen-bond donors (Lipinski definition) is 1. The molecule has 0 spiro atoms. The zero-order valence-corrected chi connectivity index (χ0v) is 13.1. The summed E-state index contributed by atoms with van der Waals surface area (Å²) in [6, 6.07) is 6.81. The number of nitrogens with zero attached hydrogens (tertiary/aromatic N) is 2. The minimum absolute atomic E-state index is 0.122. The van der Waals surface area contributed by atoms with Gasteiger partial charge in [-0.15, -0.1) is 0 Å². The molecule has 116 valence electrons. The van der Waals surface area contributed by atoms with Gasteiger partial charge in [0, 0.05) is 37.4 Å². The van der Waals surface area contributed by atoms with Gasteiger partial charge in [0.2, 0.25) is 0 Å². The Morgan fingerprint density at radius 1 is 1.19 bits per heavy atom. The lowest BCUT2D eigenvalue weighted by Gasteiger charge is -2.28. The highest BCUT2D eigenvalue weighted by molar-refractivity contribution is 5.49. The number of hydrogen-bond acceptors (Lipinski definition) is 3. The van der Waals surface area contributed by atoms with Crippen molar-refractivity contribution in [1.29, 1.82) is 0 Å². The van der Waals surface area contributed by atoms with Crippen molar-refractivity contribution in [1.82, 2.24) is 10.2 Å². The summed E-state index contributed by atoms with van der Waals surface area (Å²) in [5.74, 6) is -0.122. The Morgan fingerprint density at radius 2 is 2.00 bits per heavy atom. The van der Waals surface area contributed by atoms with E-state index in [0.717, 1.165) is 43.5 Å². The van der Waals surface area contributed by atoms with Crippen LogP contribution >= 0.6 is 0 Å². The monoisotopic (exact) mass is 291 g/mol. The molecule has 1 N–H and O–H groups in total. The second-order valence-corrected chi connectivity index (χ2v) is 6.38. The second kappa shape index (κ2) is 6.32. The molecule has 2 heterocycles. The van der Waals surface area contributed by atoms with E-state index < -0.39 is 0 Å². The zero-order chi connectivity index (χ0) is 14.8. The molecule has 2 bridgehead atoms. The number of rotatable bonds is 4. The fourth-order valence-electron chi connectivity index (χ4n) is 3.73. The smallest absolute Gasteiger partial charge is 0.125 e. The van der Waals surface area contributed by atoms with Crippen LogP contribution in [0, 0.1) is 5.82 Å². The molecule has 2 unspecified atom stereocenters. The summed E-state index contributed by atoms with van der Waals surface area (Å²) in [7, 11) is 2.24. The molecule has 2 atom stereocenters. The normalized spacial score (nSPS) is 26.1. The van der Waals surface area contributed by atoms with Gasteiger partial charge in [-0.1, -0.05) is 6.92 Å². The average Bonchev–Trinajstić information content (AvgIpc) is 2.69. The van der Waals surface area contributed by atoms with Gasteiger partial charge in [-0.25, -0.2) is 4.39 Å². The fraction of sp³-hybridized carbons (Fsp3) is 0.647. The van der Waals surface area contributed by atoms with Crippen LogP contribution in [-0.4, -0.2) is 43.7 Å². The van der Waals surface area contributed by atoms with E-state index in [1.165, 1.54) is 19.3 Å². The van der Waals surface area contributed by atoms with Crippen LogP contribution < -0.4 is 10.2 Å². The molecule has 0 aliphatic carbocycles. The van der Waals surface area contributed by atoms with E-state index in [1.54, 1.807) is 12.1 Å². The van der Waals surface area contributed by atoms with Gasteiger partial charge >= 0.3 is 0 Å². The molecule has 3 rings (SSSR count). The van der Waals surface area contributed by atoms with E-state index in [2.05, 4.69) is 35.2 Å². The zero-order valence-electron chi connectivity index (χ0n) is 13.1. The van der Waals surface area contributed by atoms with E-state index in [9.17, 15) is 4.39 Å². The Labute approximate surface area is 127 Å². The largest absolute Gasteiger partial charge is 0.370 e. The summed E-state index contributed by atoms with van der Waals surface area (Å²) < 4.78 is 13.9. The molecule has 0 aromatic heterocycles. The van der Waals surface area contributed by atoms with E-state index in [0.29, 0.717) is 6.04 Å². The van der Waals surface area contributed by atoms with Gasteiger partial charge in [-0.3, -0.25) is 4.90 Å². The Morgan fingerprint density at radius 3 is 2.81 bits per heavy atom. The minimum atomic E-state index is -0.122. The van der Waals surface area contributed by atoms with E-state index in [1.807, 2.05) is 0 Å². The number of nitrogens with one attached hydrogen (secondary N) is 1. The maximum absolute atomic E-state index is 13.9. The van der Waals surface area contributed by atoms with Crippen LogP contribution in [0.5, 0.6) is 0 Å². The van der Waals surface area contributed by atoms with Gasteiger partial charge in [-0.05, 0) is 56.6 Å². The summed E-state index contributed by atoms with van der Waals surface area (Å²) >= 11 is 0. The molecule has 2 fully saturated rings. The third-order valence-electron chi connectivity index (χ3n) is 5.04. The van der Waals surface area contributed by atoms with Crippen LogP contribution in [0.4, 0.5) is 10.1 Å². The molecular weight excluding hydrogens is 265 g/mol. The maximum atomic E-state index is 13.9. The van der Waals surface area contributed by atoms with E-state index >= 15 is 0 Å². The molecule has 2 aliphatic rings. The minimum Gasteiger partial charge on any atom is -0.370 e. The molecular formula is C17H26FN3. The number of benzene rings is 1. The van der Waals surface area contributed by atoms with Crippen LogP contribution in [0.3, 0.4) is 0 Å². The predicted octanol–water partition coefficient (Wildman–Crippen LogP) is 2.61. The second-order valence-electron chi connectivity index (χ2n) is 6.38. The maximum Gasteiger partial charge on any atom is 0.125 e. The van der Waals surface area contributed by atoms with Gasteiger partial charge in [0.15, 0.2) is 0 Å². The molecule has 0 amide bonds. The third-order valence-corrected chi connectivity index (χ3v) is 5.04. The first-order valence-electron chi connectivity index (χ1n) is 8.14. The number of fused-ring (bicyclic) bond motifs is 2. The van der Waals surface area contributed by atoms with Crippen LogP contribution in [0.15, 0.2) is 18.2 Å². The Bertz CT molecular complexity index is 491. The first-order chi connectivity index (χ1) is 10.2. The molecule has 1 aromatic carbocycles. The Hall–Kier alpha value is -1.13. The highest BCUT2D eigenvalue weighted by Crippen LogP contribution is 2.31. The number of likely N-dealkylation sites (N-methyl/N-ethyl adjacent to an activating group) is 1.